The van der Waals surface area contributed by atoms with E-state index in [1.54, 1.807) is 31.1 Å². The van der Waals surface area contributed by atoms with Gasteiger partial charge >= 0.3 is 5.82 Å². The number of nitrogens with zero attached hydrogens (tertiary/aromatic N) is 5. The fourth-order valence-electron chi connectivity index (χ4n) is 2.71. The van der Waals surface area contributed by atoms with Crippen LogP contribution in [0.4, 0.5) is 11.5 Å². The fourth-order valence-corrected chi connectivity index (χ4v) is 2.71. The van der Waals surface area contributed by atoms with Crippen molar-refractivity contribution < 1.29 is 14.5 Å². The second kappa shape index (κ2) is 8.33. The van der Waals surface area contributed by atoms with E-state index in [1.807, 2.05) is 24.3 Å². The lowest BCUT2D eigenvalue weighted by Gasteiger charge is -2.05. The third kappa shape index (κ3) is 4.72. The smallest absolute Gasteiger partial charge is 0.390 e. The molecule has 3 rings (SSSR count). The van der Waals surface area contributed by atoms with Gasteiger partial charge in [0.05, 0.1) is 48.9 Å². The van der Waals surface area contributed by atoms with Crippen molar-refractivity contribution in [2.24, 2.45) is 0 Å². The van der Waals surface area contributed by atoms with Gasteiger partial charge in [-0.1, -0.05) is 12.1 Å². The molecule has 2 aromatic heterocycles. The predicted molar refractivity (Wildman–Crippen MR) is 101 cm³/mol. The number of hydrogen-bond acceptors (Lipinski definition) is 6. The summed E-state index contributed by atoms with van der Waals surface area (Å²) < 4.78 is 8.37. The van der Waals surface area contributed by atoms with E-state index in [0.717, 1.165) is 11.3 Å². The highest BCUT2D eigenvalue weighted by atomic mass is 16.6. The molecule has 0 fully saturated rings. The van der Waals surface area contributed by atoms with Gasteiger partial charge in [-0.15, -0.1) is 0 Å². The third-order valence-corrected chi connectivity index (χ3v) is 4.10. The number of nitro groups is 1. The van der Waals surface area contributed by atoms with E-state index in [0.29, 0.717) is 17.9 Å². The normalized spacial score (nSPS) is 10.6. The third-order valence-electron chi connectivity index (χ3n) is 4.10. The van der Waals surface area contributed by atoms with Gasteiger partial charge in [-0.05, 0) is 29.5 Å². The first-order valence-electron chi connectivity index (χ1n) is 8.58. The molecule has 0 saturated heterocycles. The summed E-state index contributed by atoms with van der Waals surface area (Å²) in [5.41, 5.74) is 2.23. The number of benzene rings is 1. The molecule has 0 aliphatic rings. The van der Waals surface area contributed by atoms with Crippen LogP contribution in [-0.2, 0) is 17.9 Å². The molecule has 1 amide bonds. The number of carbonyl (C=O) groups is 1. The first-order valence-corrected chi connectivity index (χ1v) is 8.58. The number of ether oxygens (including phenoxy) is 1. The topological polar surface area (TPSA) is 117 Å². The Balaban J connectivity index is 1.54. The first-order chi connectivity index (χ1) is 13.4. The number of nitrogens with one attached hydrogen (secondary N) is 1. The van der Waals surface area contributed by atoms with Crippen LogP contribution in [0.2, 0.25) is 0 Å². The van der Waals surface area contributed by atoms with Crippen molar-refractivity contribution >= 4 is 17.4 Å². The number of aryl methyl sites for hydroxylation is 2. The lowest BCUT2D eigenvalue weighted by Crippen LogP contribution is -2.15. The number of amides is 1. The molecule has 1 N–H and O–H groups in total. The summed E-state index contributed by atoms with van der Waals surface area (Å²) in [5, 5.41) is 21.6. The lowest BCUT2D eigenvalue weighted by molar-refractivity contribution is -0.389. The van der Waals surface area contributed by atoms with E-state index in [4.69, 9.17) is 4.74 Å². The Kier molecular flexibility index (Phi) is 5.68. The Labute approximate surface area is 160 Å². The van der Waals surface area contributed by atoms with Gasteiger partial charge in [0.15, 0.2) is 0 Å². The summed E-state index contributed by atoms with van der Waals surface area (Å²) in [5.74, 6) is 0.322. The molecule has 0 unspecified atom stereocenters. The van der Waals surface area contributed by atoms with Crippen LogP contribution in [0.15, 0.2) is 42.7 Å². The molecule has 0 saturated carbocycles. The Bertz CT molecular complexity index is 994. The molecule has 10 heteroatoms. The quantitative estimate of drug-likeness (QED) is 0.471. The minimum Gasteiger partial charge on any atom is -0.497 e. The highest BCUT2D eigenvalue weighted by molar-refractivity contribution is 5.90. The van der Waals surface area contributed by atoms with E-state index >= 15 is 0 Å². The number of rotatable bonds is 8. The van der Waals surface area contributed by atoms with Gasteiger partial charge in [0, 0.05) is 12.6 Å². The molecule has 0 atom stereocenters. The van der Waals surface area contributed by atoms with Crippen LogP contribution < -0.4 is 10.1 Å². The number of methoxy groups -OCH3 is 1. The lowest BCUT2D eigenvalue weighted by atomic mass is 10.2. The zero-order valence-electron chi connectivity index (χ0n) is 15.5. The number of anilines is 1. The summed E-state index contributed by atoms with van der Waals surface area (Å²) in [6.45, 7) is 2.51. The van der Waals surface area contributed by atoms with Crippen LogP contribution in [0.5, 0.6) is 5.75 Å². The van der Waals surface area contributed by atoms with Gasteiger partial charge in [0.2, 0.25) is 5.91 Å². The molecule has 0 bridgehead atoms. The van der Waals surface area contributed by atoms with Crippen molar-refractivity contribution in [2.75, 3.05) is 12.4 Å². The average molecular weight is 384 g/mol. The second-order valence-electron chi connectivity index (χ2n) is 6.20. The van der Waals surface area contributed by atoms with Gasteiger partial charge in [-0.25, -0.2) is 0 Å². The van der Waals surface area contributed by atoms with Crippen LogP contribution in [0.25, 0.3) is 0 Å². The highest BCUT2D eigenvalue weighted by Crippen LogP contribution is 2.15. The number of aromatic nitrogens is 4. The van der Waals surface area contributed by atoms with Crippen LogP contribution >= 0.6 is 0 Å². The van der Waals surface area contributed by atoms with Crippen LogP contribution in [0.3, 0.4) is 0 Å². The zero-order chi connectivity index (χ0) is 20.1. The standard InChI is InChI=1S/C18H20N6O4/c1-13-8-17(24(26)27)21-23(13)7-6-18(25)20-15-10-19-22(12-15)11-14-4-3-5-16(9-14)28-2/h3-5,8-10,12H,6-7,11H2,1-2H3,(H,20,25). The van der Waals surface area contributed by atoms with Crippen molar-refractivity contribution in [3.05, 3.63) is 64.1 Å². The Morgan fingerprint density at radius 1 is 1.36 bits per heavy atom. The van der Waals surface area contributed by atoms with Crippen molar-refractivity contribution in [1.29, 1.82) is 0 Å². The maximum Gasteiger partial charge on any atom is 0.390 e. The summed E-state index contributed by atoms with van der Waals surface area (Å²) in [4.78, 5) is 22.3. The van der Waals surface area contributed by atoms with Crippen LogP contribution in [0.1, 0.15) is 17.7 Å². The zero-order valence-corrected chi connectivity index (χ0v) is 15.5. The van der Waals surface area contributed by atoms with E-state index in [2.05, 4.69) is 15.5 Å². The van der Waals surface area contributed by atoms with Crippen LogP contribution in [0, 0.1) is 17.0 Å². The summed E-state index contributed by atoms with van der Waals surface area (Å²) in [6.07, 6.45) is 3.45. The van der Waals surface area contributed by atoms with Gasteiger partial charge in [-0.2, -0.15) is 9.78 Å². The highest BCUT2D eigenvalue weighted by Gasteiger charge is 2.16. The van der Waals surface area contributed by atoms with E-state index in [1.165, 1.54) is 10.7 Å². The summed E-state index contributed by atoms with van der Waals surface area (Å²) in [6, 6.07) is 9.04. The molecule has 1 aromatic carbocycles. The van der Waals surface area contributed by atoms with Gasteiger partial charge in [0.1, 0.15) is 5.75 Å². The molecule has 0 aliphatic heterocycles. The summed E-state index contributed by atoms with van der Waals surface area (Å²) >= 11 is 0. The minimum atomic E-state index is -0.555. The largest absolute Gasteiger partial charge is 0.497 e. The molecule has 0 radical (unpaired) electrons. The Morgan fingerprint density at radius 2 is 2.18 bits per heavy atom. The molecular formula is C18H20N6O4. The molecule has 28 heavy (non-hydrogen) atoms. The molecule has 146 valence electrons. The first kappa shape index (κ1) is 19.1. The van der Waals surface area contributed by atoms with Gasteiger partial charge in [0.25, 0.3) is 0 Å². The molecular weight excluding hydrogens is 364 g/mol. The van der Waals surface area contributed by atoms with Crippen molar-refractivity contribution in [3.8, 4) is 5.75 Å². The monoisotopic (exact) mass is 384 g/mol. The molecule has 2 heterocycles. The average Bonchev–Trinajstić information content (AvgIpc) is 3.26. The second-order valence-corrected chi connectivity index (χ2v) is 6.20. The summed E-state index contributed by atoms with van der Waals surface area (Å²) in [7, 11) is 1.61. The molecule has 0 aliphatic carbocycles. The van der Waals surface area contributed by atoms with Crippen LogP contribution in [-0.4, -0.2) is 37.5 Å². The predicted octanol–water partition coefficient (Wildman–Crippen LogP) is 2.38. The van der Waals surface area contributed by atoms with Gasteiger partial charge < -0.3 is 20.2 Å². The van der Waals surface area contributed by atoms with E-state index in [9.17, 15) is 14.9 Å². The van der Waals surface area contributed by atoms with E-state index < -0.39 is 4.92 Å². The maximum absolute atomic E-state index is 12.1. The van der Waals surface area contributed by atoms with E-state index in [-0.39, 0.29) is 24.7 Å². The number of hydrogen-bond donors (Lipinski definition) is 1. The minimum absolute atomic E-state index is 0.140. The van der Waals surface area contributed by atoms with Crippen molar-refractivity contribution in [2.45, 2.75) is 26.4 Å². The Hall–Kier alpha value is -3.69. The SMILES string of the molecule is COc1cccc(Cn2cc(NC(=O)CCn3nc([N+](=O)[O-])cc3C)cn2)c1. The van der Waals surface area contributed by atoms with Crippen molar-refractivity contribution in [1.82, 2.24) is 19.6 Å². The Morgan fingerprint density at radius 3 is 2.89 bits per heavy atom. The maximum atomic E-state index is 12.1. The molecule has 3 aromatic rings. The molecule has 10 nitrogen and oxygen atoms in total. The number of carbonyl (C=O) groups excluding carboxylic acids is 1. The fraction of sp³-hybridized carbons (Fsp3) is 0.278. The van der Waals surface area contributed by atoms with Crippen molar-refractivity contribution in [3.63, 3.8) is 0 Å². The van der Waals surface area contributed by atoms with Gasteiger partial charge in [-0.3, -0.25) is 9.48 Å². The molecule has 0 spiro atoms.